The van der Waals surface area contributed by atoms with Crippen LogP contribution >= 0.6 is 0 Å². The summed E-state index contributed by atoms with van der Waals surface area (Å²) >= 11 is 0. The summed E-state index contributed by atoms with van der Waals surface area (Å²) in [4.78, 5) is 18.7. The highest BCUT2D eigenvalue weighted by molar-refractivity contribution is 5.69. The fourth-order valence-electron chi connectivity index (χ4n) is 0.946. The largest absolute Gasteiger partial charge is 0.469 e. The van der Waals surface area contributed by atoms with Gasteiger partial charge in [-0.25, -0.2) is 9.97 Å². The van der Waals surface area contributed by atoms with Crippen LogP contribution in [-0.4, -0.2) is 29.6 Å². The smallest absolute Gasteiger partial charge is 0.307 e. The van der Waals surface area contributed by atoms with Crippen LogP contribution in [0.15, 0.2) is 12.4 Å². The number of ether oxygens (including phenoxy) is 1. The zero-order valence-corrected chi connectivity index (χ0v) is 8.28. The normalized spacial score (nSPS) is 9.57. The van der Waals surface area contributed by atoms with Crippen LogP contribution in [-0.2, 0) is 9.53 Å². The quantitative estimate of drug-likeness (QED) is 0.718. The zero-order valence-electron chi connectivity index (χ0n) is 8.28. The van der Waals surface area contributed by atoms with Gasteiger partial charge in [-0.2, -0.15) is 0 Å². The second-order valence-corrected chi connectivity index (χ2v) is 2.80. The molecular weight excluding hydrogens is 182 g/mol. The van der Waals surface area contributed by atoms with Crippen molar-refractivity contribution in [3.63, 3.8) is 0 Å². The highest BCUT2D eigenvalue weighted by Gasteiger charge is 1.99. The lowest BCUT2D eigenvalue weighted by atomic mass is 10.4. The lowest BCUT2D eigenvalue weighted by Gasteiger charge is -2.04. The number of hydrogen-bond acceptors (Lipinski definition) is 5. The Morgan fingerprint density at radius 3 is 3.00 bits per heavy atom. The number of hydrogen-bond donors (Lipinski definition) is 1. The minimum atomic E-state index is -0.233. The van der Waals surface area contributed by atoms with Crippen LogP contribution in [0.4, 0.5) is 5.82 Å². The maximum atomic E-state index is 10.8. The SMILES string of the molecule is COC(=O)CCNc1cc(C)ncn1. The highest BCUT2D eigenvalue weighted by atomic mass is 16.5. The van der Waals surface area contributed by atoms with Gasteiger partial charge < -0.3 is 10.1 Å². The molecule has 1 rings (SSSR count). The maximum absolute atomic E-state index is 10.8. The summed E-state index contributed by atoms with van der Waals surface area (Å²) in [6, 6.07) is 1.82. The molecule has 0 aliphatic carbocycles. The molecular formula is C9H13N3O2. The van der Waals surface area contributed by atoms with Gasteiger partial charge >= 0.3 is 5.97 Å². The molecule has 0 aliphatic rings. The molecule has 5 heteroatoms. The van der Waals surface area contributed by atoms with Crippen LogP contribution in [0.1, 0.15) is 12.1 Å². The van der Waals surface area contributed by atoms with E-state index in [0.29, 0.717) is 13.0 Å². The molecule has 1 heterocycles. The molecule has 0 aliphatic heterocycles. The third-order valence-corrected chi connectivity index (χ3v) is 1.67. The molecule has 0 amide bonds. The highest BCUT2D eigenvalue weighted by Crippen LogP contribution is 2.02. The molecule has 5 nitrogen and oxygen atoms in total. The average Bonchev–Trinajstić information content (AvgIpc) is 2.17. The molecule has 14 heavy (non-hydrogen) atoms. The van der Waals surface area contributed by atoms with Crippen LogP contribution in [0, 0.1) is 6.92 Å². The number of carbonyl (C=O) groups excluding carboxylic acids is 1. The van der Waals surface area contributed by atoms with Crippen molar-refractivity contribution in [1.29, 1.82) is 0 Å². The molecule has 1 aromatic rings. The molecule has 0 atom stereocenters. The predicted octanol–water partition coefficient (Wildman–Crippen LogP) is 0.760. The Labute approximate surface area is 82.5 Å². The van der Waals surface area contributed by atoms with E-state index in [9.17, 15) is 4.79 Å². The van der Waals surface area contributed by atoms with E-state index in [0.717, 1.165) is 11.5 Å². The van der Waals surface area contributed by atoms with Crippen molar-refractivity contribution < 1.29 is 9.53 Å². The second-order valence-electron chi connectivity index (χ2n) is 2.80. The van der Waals surface area contributed by atoms with Crippen LogP contribution < -0.4 is 5.32 Å². The topological polar surface area (TPSA) is 64.1 Å². The molecule has 0 radical (unpaired) electrons. The molecule has 0 aromatic carbocycles. The molecule has 1 N–H and O–H groups in total. The maximum Gasteiger partial charge on any atom is 0.307 e. The minimum Gasteiger partial charge on any atom is -0.469 e. The van der Waals surface area contributed by atoms with E-state index in [1.165, 1.54) is 13.4 Å². The number of nitrogens with zero attached hydrogens (tertiary/aromatic N) is 2. The van der Waals surface area contributed by atoms with Gasteiger partial charge in [0.05, 0.1) is 13.5 Å². The van der Waals surface area contributed by atoms with E-state index in [1.54, 1.807) is 0 Å². The lowest BCUT2D eigenvalue weighted by molar-refractivity contribution is -0.140. The standard InChI is InChI=1S/C9H13N3O2/c1-7-5-8(12-6-11-7)10-4-3-9(13)14-2/h5-6H,3-4H2,1-2H3,(H,10,11,12). The second kappa shape index (κ2) is 5.16. The Bertz CT molecular complexity index is 315. The monoisotopic (exact) mass is 195 g/mol. The Kier molecular flexibility index (Phi) is 3.84. The Hall–Kier alpha value is -1.65. The number of anilines is 1. The first-order valence-corrected chi connectivity index (χ1v) is 4.31. The number of methoxy groups -OCH3 is 1. The van der Waals surface area contributed by atoms with Gasteiger partial charge in [0, 0.05) is 18.3 Å². The van der Waals surface area contributed by atoms with Crippen molar-refractivity contribution in [3.8, 4) is 0 Å². The van der Waals surface area contributed by atoms with Gasteiger partial charge in [0.15, 0.2) is 0 Å². The first kappa shape index (κ1) is 10.4. The number of aromatic nitrogens is 2. The predicted molar refractivity (Wildman–Crippen MR) is 51.9 cm³/mol. The van der Waals surface area contributed by atoms with Gasteiger partial charge in [0.25, 0.3) is 0 Å². The summed E-state index contributed by atoms with van der Waals surface area (Å²) < 4.78 is 4.50. The van der Waals surface area contributed by atoms with E-state index in [1.807, 2.05) is 13.0 Å². The third kappa shape index (κ3) is 3.38. The van der Waals surface area contributed by atoms with Gasteiger partial charge in [-0.1, -0.05) is 0 Å². The molecule has 0 bridgehead atoms. The van der Waals surface area contributed by atoms with Crippen LogP contribution in [0.5, 0.6) is 0 Å². The van der Waals surface area contributed by atoms with Crippen molar-refractivity contribution in [2.24, 2.45) is 0 Å². The molecule has 0 saturated heterocycles. The van der Waals surface area contributed by atoms with Gasteiger partial charge in [0.2, 0.25) is 0 Å². The molecule has 0 saturated carbocycles. The summed E-state index contributed by atoms with van der Waals surface area (Å²) in [6.07, 6.45) is 1.81. The Balaban J connectivity index is 2.35. The van der Waals surface area contributed by atoms with E-state index >= 15 is 0 Å². The summed E-state index contributed by atoms with van der Waals surface area (Å²) in [5.74, 6) is 0.490. The van der Waals surface area contributed by atoms with Crippen molar-refractivity contribution in [1.82, 2.24) is 9.97 Å². The Morgan fingerprint density at radius 2 is 2.36 bits per heavy atom. The van der Waals surface area contributed by atoms with Crippen molar-refractivity contribution in [2.75, 3.05) is 19.0 Å². The average molecular weight is 195 g/mol. The molecule has 0 fully saturated rings. The minimum absolute atomic E-state index is 0.233. The fraction of sp³-hybridized carbons (Fsp3) is 0.444. The number of rotatable bonds is 4. The summed E-state index contributed by atoms with van der Waals surface area (Å²) in [5, 5.41) is 3.00. The van der Waals surface area contributed by atoms with Crippen molar-refractivity contribution >= 4 is 11.8 Å². The van der Waals surface area contributed by atoms with E-state index in [4.69, 9.17) is 0 Å². The zero-order chi connectivity index (χ0) is 10.4. The number of nitrogens with one attached hydrogen (secondary N) is 1. The first-order valence-electron chi connectivity index (χ1n) is 4.31. The van der Waals surface area contributed by atoms with E-state index in [-0.39, 0.29) is 5.97 Å². The number of aryl methyl sites for hydroxylation is 1. The van der Waals surface area contributed by atoms with E-state index < -0.39 is 0 Å². The van der Waals surface area contributed by atoms with Crippen LogP contribution in [0.25, 0.3) is 0 Å². The fourth-order valence-corrected chi connectivity index (χ4v) is 0.946. The van der Waals surface area contributed by atoms with Gasteiger partial charge in [0.1, 0.15) is 12.1 Å². The number of carbonyl (C=O) groups is 1. The molecule has 1 aromatic heterocycles. The third-order valence-electron chi connectivity index (χ3n) is 1.67. The first-order chi connectivity index (χ1) is 6.72. The molecule has 76 valence electrons. The summed E-state index contributed by atoms with van der Waals surface area (Å²) in [7, 11) is 1.37. The number of esters is 1. The van der Waals surface area contributed by atoms with Crippen LogP contribution in [0.3, 0.4) is 0 Å². The van der Waals surface area contributed by atoms with Crippen LogP contribution in [0.2, 0.25) is 0 Å². The Morgan fingerprint density at radius 1 is 1.57 bits per heavy atom. The van der Waals surface area contributed by atoms with E-state index in [2.05, 4.69) is 20.0 Å². The van der Waals surface area contributed by atoms with Gasteiger partial charge in [-0.15, -0.1) is 0 Å². The lowest BCUT2D eigenvalue weighted by Crippen LogP contribution is -2.10. The summed E-state index contributed by atoms with van der Waals surface area (Å²) in [5.41, 5.74) is 0.889. The molecule has 0 spiro atoms. The summed E-state index contributed by atoms with van der Waals surface area (Å²) in [6.45, 7) is 2.40. The van der Waals surface area contributed by atoms with Gasteiger partial charge in [-0.3, -0.25) is 4.79 Å². The van der Waals surface area contributed by atoms with Crippen molar-refractivity contribution in [3.05, 3.63) is 18.1 Å². The van der Waals surface area contributed by atoms with Crippen molar-refractivity contribution in [2.45, 2.75) is 13.3 Å². The van der Waals surface area contributed by atoms with Gasteiger partial charge in [-0.05, 0) is 6.92 Å². The molecule has 0 unspecified atom stereocenters.